The maximum absolute atomic E-state index is 13.2. The van der Waals surface area contributed by atoms with Gasteiger partial charge in [0.15, 0.2) is 0 Å². The minimum atomic E-state index is -0.591. The van der Waals surface area contributed by atoms with Crippen LogP contribution in [0.2, 0.25) is 5.02 Å². The summed E-state index contributed by atoms with van der Waals surface area (Å²) in [6, 6.07) is 34.2. The maximum atomic E-state index is 13.2. The minimum Gasteiger partial charge on any atom is -0.496 e. The number of para-hydroxylation sites is 1. The molecule has 0 aliphatic heterocycles. The summed E-state index contributed by atoms with van der Waals surface area (Å²) in [5, 5.41) is 14.5. The molecular weight excluding hydrogens is 538 g/mol. The predicted octanol–water partition coefficient (Wildman–Crippen LogP) is 9.03. The van der Waals surface area contributed by atoms with Gasteiger partial charge in [-0.3, -0.25) is 10.1 Å². The number of methoxy groups -OCH3 is 1. The van der Waals surface area contributed by atoms with E-state index in [0.717, 1.165) is 21.9 Å². The van der Waals surface area contributed by atoms with Crippen LogP contribution in [0.3, 0.4) is 0 Å². The van der Waals surface area contributed by atoms with Crippen LogP contribution in [0.25, 0.3) is 55.5 Å². The fraction of sp³-hybridized carbons (Fsp3) is 0.0294. The number of halogens is 1. The van der Waals surface area contributed by atoms with Crippen LogP contribution in [0.4, 0.5) is 5.69 Å². The van der Waals surface area contributed by atoms with Crippen LogP contribution in [0.5, 0.6) is 5.75 Å². The zero-order valence-electron chi connectivity index (χ0n) is 21.8. The highest BCUT2D eigenvalue weighted by Crippen LogP contribution is 2.47. The first-order chi connectivity index (χ1) is 19.9. The Balaban J connectivity index is 1.76. The number of ether oxygens (including phenoxy) is 1. The molecule has 6 rings (SSSR count). The Bertz CT molecular complexity index is 2000. The van der Waals surface area contributed by atoms with Gasteiger partial charge in [-0.25, -0.2) is 4.79 Å². The lowest BCUT2D eigenvalue weighted by atomic mass is 9.87. The van der Waals surface area contributed by atoms with Gasteiger partial charge in [0.2, 0.25) is 0 Å². The summed E-state index contributed by atoms with van der Waals surface area (Å²) in [5.74, 6) is 0.734. The first-order valence-electron chi connectivity index (χ1n) is 12.8. The van der Waals surface area contributed by atoms with Gasteiger partial charge in [-0.05, 0) is 52.2 Å². The van der Waals surface area contributed by atoms with Crippen molar-refractivity contribution in [2.24, 2.45) is 0 Å². The van der Waals surface area contributed by atoms with Gasteiger partial charge < -0.3 is 9.15 Å². The average Bonchev–Trinajstić information content (AvgIpc) is 3.00. The van der Waals surface area contributed by atoms with Crippen molar-refractivity contribution < 1.29 is 14.1 Å². The summed E-state index contributed by atoms with van der Waals surface area (Å²) in [4.78, 5) is 24.9. The first kappa shape index (κ1) is 26.0. The number of hydrogen-bond donors (Lipinski definition) is 0. The summed E-state index contributed by atoms with van der Waals surface area (Å²) in [5.41, 5.74) is 3.55. The number of rotatable bonds is 6. The van der Waals surface area contributed by atoms with E-state index in [1.807, 2.05) is 72.8 Å². The summed E-state index contributed by atoms with van der Waals surface area (Å²) in [6.07, 6.45) is 0. The minimum absolute atomic E-state index is 0.112. The Morgan fingerprint density at radius 2 is 1.44 bits per heavy atom. The van der Waals surface area contributed by atoms with Gasteiger partial charge in [-0.2, -0.15) is 0 Å². The Kier molecular flexibility index (Phi) is 6.83. The quantitative estimate of drug-likeness (QED) is 0.150. The Morgan fingerprint density at radius 3 is 2.20 bits per heavy atom. The molecule has 7 heteroatoms. The van der Waals surface area contributed by atoms with Crippen LogP contribution in [0, 0.1) is 10.1 Å². The Hall–Kier alpha value is -5.20. The van der Waals surface area contributed by atoms with E-state index in [0.29, 0.717) is 38.6 Å². The molecule has 200 valence electrons. The van der Waals surface area contributed by atoms with E-state index >= 15 is 0 Å². The van der Waals surface area contributed by atoms with Gasteiger partial charge in [0, 0.05) is 39.4 Å². The van der Waals surface area contributed by atoms with Crippen LogP contribution in [-0.2, 0) is 0 Å². The Labute approximate surface area is 240 Å². The lowest BCUT2D eigenvalue weighted by molar-refractivity contribution is -0.384. The van der Waals surface area contributed by atoms with Gasteiger partial charge in [0.05, 0.1) is 17.6 Å². The zero-order valence-corrected chi connectivity index (χ0v) is 22.6. The van der Waals surface area contributed by atoms with E-state index in [2.05, 4.69) is 0 Å². The zero-order chi connectivity index (χ0) is 28.5. The second kappa shape index (κ2) is 10.8. The third-order valence-electron chi connectivity index (χ3n) is 7.00. The van der Waals surface area contributed by atoms with E-state index in [4.69, 9.17) is 20.8 Å². The second-order valence-corrected chi connectivity index (χ2v) is 9.85. The molecule has 0 atom stereocenters. The third-order valence-corrected chi connectivity index (χ3v) is 7.23. The molecule has 0 aliphatic rings. The molecule has 6 nitrogen and oxygen atoms in total. The van der Waals surface area contributed by atoms with Crippen LogP contribution in [0.1, 0.15) is 0 Å². The summed E-state index contributed by atoms with van der Waals surface area (Å²) in [7, 11) is 1.56. The highest BCUT2D eigenvalue weighted by atomic mass is 35.5. The summed E-state index contributed by atoms with van der Waals surface area (Å²) in [6.45, 7) is 0. The van der Waals surface area contributed by atoms with Crippen molar-refractivity contribution >= 4 is 28.1 Å². The molecule has 0 bridgehead atoms. The molecule has 0 unspecified atom stereocenters. The molecule has 0 N–H and O–H groups in total. The molecular formula is C34H22ClNO5. The monoisotopic (exact) mass is 559 g/mol. The molecule has 41 heavy (non-hydrogen) atoms. The van der Waals surface area contributed by atoms with Gasteiger partial charge in [0.25, 0.3) is 5.69 Å². The van der Waals surface area contributed by atoms with Crippen LogP contribution in [0.15, 0.2) is 124 Å². The number of fused-ring (bicyclic) bond motifs is 1. The van der Waals surface area contributed by atoms with E-state index in [-0.39, 0.29) is 11.4 Å². The highest BCUT2D eigenvalue weighted by molar-refractivity contribution is 6.30. The molecule has 1 heterocycles. The van der Waals surface area contributed by atoms with Crippen molar-refractivity contribution in [3.63, 3.8) is 0 Å². The van der Waals surface area contributed by atoms with Crippen molar-refractivity contribution in [3.05, 3.63) is 141 Å². The normalized spacial score (nSPS) is 11.0. The molecule has 6 aromatic rings. The number of hydrogen-bond acceptors (Lipinski definition) is 5. The lowest BCUT2D eigenvalue weighted by Gasteiger charge is -2.18. The molecule has 0 aliphatic carbocycles. The SMILES string of the molecule is COc1ccc2ccc(-c3cccc(Cl)c3)cc2c1-c1cc(=O)oc(-c2ccccc2)c1-c1ccccc1[N+](=O)[O-]. The van der Waals surface area contributed by atoms with E-state index < -0.39 is 10.5 Å². The standard InChI is InChI=1S/C34H22ClNO5/c1-40-30-17-16-21-14-15-24(23-10-7-11-25(35)18-23)19-27(21)32(30)28-20-31(37)41-34(22-8-3-2-4-9-22)33(28)26-12-5-6-13-29(26)36(38)39/h2-20H,1H3. The van der Waals surface area contributed by atoms with Crippen molar-refractivity contribution in [1.82, 2.24) is 0 Å². The highest BCUT2D eigenvalue weighted by Gasteiger charge is 2.27. The van der Waals surface area contributed by atoms with E-state index in [1.54, 1.807) is 37.4 Å². The lowest BCUT2D eigenvalue weighted by Crippen LogP contribution is -2.04. The van der Waals surface area contributed by atoms with Gasteiger partial charge in [-0.1, -0.05) is 84.4 Å². The fourth-order valence-corrected chi connectivity index (χ4v) is 5.38. The topological polar surface area (TPSA) is 82.6 Å². The molecule has 0 radical (unpaired) electrons. The number of nitro groups is 1. The first-order valence-corrected chi connectivity index (χ1v) is 13.2. The molecule has 0 spiro atoms. The van der Waals surface area contributed by atoms with E-state index in [9.17, 15) is 14.9 Å². The average molecular weight is 560 g/mol. The molecule has 0 fully saturated rings. The second-order valence-electron chi connectivity index (χ2n) is 9.41. The number of nitro benzene ring substituents is 1. The molecule has 0 saturated carbocycles. The fourth-order valence-electron chi connectivity index (χ4n) is 5.19. The van der Waals surface area contributed by atoms with Crippen LogP contribution < -0.4 is 10.4 Å². The van der Waals surface area contributed by atoms with Crippen molar-refractivity contribution in [2.45, 2.75) is 0 Å². The molecule has 1 aromatic heterocycles. The van der Waals surface area contributed by atoms with Crippen molar-refractivity contribution in [2.75, 3.05) is 7.11 Å². The van der Waals surface area contributed by atoms with Gasteiger partial charge in [-0.15, -0.1) is 0 Å². The van der Waals surface area contributed by atoms with Crippen LogP contribution in [-0.4, -0.2) is 12.0 Å². The number of nitrogens with zero attached hydrogens (tertiary/aromatic N) is 1. The third kappa shape index (κ3) is 4.86. The van der Waals surface area contributed by atoms with Gasteiger partial charge in [0.1, 0.15) is 11.5 Å². The maximum Gasteiger partial charge on any atom is 0.336 e. The Morgan fingerprint density at radius 1 is 0.732 bits per heavy atom. The van der Waals surface area contributed by atoms with Crippen LogP contribution >= 0.6 is 11.6 Å². The molecule has 0 amide bonds. The molecule has 5 aromatic carbocycles. The predicted molar refractivity (Wildman–Crippen MR) is 162 cm³/mol. The summed E-state index contributed by atoms with van der Waals surface area (Å²) >= 11 is 6.29. The van der Waals surface area contributed by atoms with Crippen molar-refractivity contribution in [3.8, 4) is 50.5 Å². The van der Waals surface area contributed by atoms with Gasteiger partial charge >= 0.3 is 5.63 Å². The smallest absolute Gasteiger partial charge is 0.336 e. The van der Waals surface area contributed by atoms with Crippen molar-refractivity contribution in [1.29, 1.82) is 0 Å². The molecule has 0 saturated heterocycles. The number of benzene rings is 5. The largest absolute Gasteiger partial charge is 0.496 e. The van der Waals surface area contributed by atoms with E-state index in [1.165, 1.54) is 12.1 Å². The summed E-state index contributed by atoms with van der Waals surface area (Å²) < 4.78 is 11.6.